The molecule has 7 heteroatoms. The van der Waals surface area contributed by atoms with E-state index in [1.807, 2.05) is 6.92 Å². The number of carbonyl (C=O) groups is 1. The van der Waals surface area contributed by atoms with Gasteiger partial charge in [-0.25, -0.2) is 4.79 Å². The number of halogens is 1. The Hall–Kier alpha value is -2.60. The molecule has 0 aliphatic rings. The second-order valence-corrected chi connectivity index (χ2v) is 7.32. The highest BCUT2D eigenvalue weighted by Gasteiger charge is 2.21. The number of hydrogen-bond acceptors (Lipinski definition) is 5. The molecule has 0 heterocycles. The smallest absolute Gasteiger partial charge is 0.339 e. The van der Waals surface area contributed by atoms with E-state index in [9.17, 15) is 25.2 Å². The minimum Gasteiger partial charge on any atom is -0.507 e. The van der Waals surface area contributed by atoms with Crippen LogP contribution in [0.5, 0.6) is 23.0 Å². The van der Waals surface area contributed by atoms with Crippen molar-refractivity contribution in [1.82, 2.24) is 0 Å². The van der Waals surface area contributed by atoms with Gasteiger partial charge in [-0.1, -0.05) is 49.9 Å². The van der Waals surface area contributed by atoms with Crippen LogP contribution in [0, 0.1) is 0 Å². The van der Waals surface area contributed by atoms with Crippen LogP contribution in [-0.4, -0.2) is 33.0 Å². The molecule has 0 bridgehead atoms. The Morgan fingerprint density at radius 2 is 1.76 bits per heavy atom. The van der Waals surface area contributed by atoms with E-state index in [1.54, 1.807) is 12.1 Å². The molecular formula is C22H27ClO6. The van der Waals surface area contributed by atoms with Crippen molar-refractivity contribution >= 4 is 17.6 Å². The van der Waals surface area contributed by atoms with Gasteiger partial charge in [0.1, 0.15) is 17.1 Å². The molecule has 0 atom stereocenters. The third-order valence-corrected chi connectivity index (χ3v) is 5.00. The summed E-state index contributed by atoms with van der Waals surface area (Å²) < 4.78 is 5.78. The van der Waals surface area contributed by atoms with E-state index in [4.69, 9.17) is 16.3 Å². The predicted octanol–water partition coefficient (Wildman–Crippen LogP) is 5.29. The van der Waals surface area contributed by atoms with Crippen LogP contribution >= 0.6 is 11.6 Å². The van der Waals surface area contributed by atoms with Crippen LogP contribution in [0.4, 0.5) is 0 Å². The van der Waals surface area contributed by atoms with E-state index in [-0.39, 0.29) is 27.8 Å². The number of aryl methyl sites for hydroxylation is 1. The lowest BCUT2D eigenvalue weighted by Crippen LogP contribution is -2.05. The molecule has 0 aliphatic carbocycles. The van der Waals surface area contributed by atoms with Crippen LogP contribution in [0.25, 0.3) is 0 Å². The Morgan fingerprint density at radius 1 is 1.03 bits per heavy atom. The maximum atomic E-state index is 11.3. The Kier molecular flexibility index (Phi) is 8.46. The molecule has 2 rings (SSSR count). The van der Waals surface area contributed by atoms with Gasteiger partial charge in [-0.3, -0.25) is 0 Å². The second-order valence-electron chi connectivity index (χ2n) is 6.91. The number of aromatic carboxylic acids is 1. The van der Waals surface area contributed by atoms with Gasteiger partial charge in [0.05, 0.1) is 11.6 Å². The fourth-order valence-electron chi connectivity index (χ4n) is 3.20. The van der Waals surface area contributed by atoms with Gasteiger partial charge in [0.25, 0.3) is 0 Å². The minimum atomic E-state index is -1.23. The molecule has 0 aliphatic heterocycles. The molecule has 0 spiro atoms. The topological polar surface area (TPSA) is 107 Å². The van der Waals surface area contributed by atoms with E-state index in [0.717, 1.165) is 31.2 Å². The van der Waals surface area contributed by atoms with E-state index in [1.165, 1.54) is 12.1 Å². The minimum absolute atomic E-state index is 0.0569. The van der Waals surface area contributed by atoms with Gasteiger partial charge in [0.2, 0.25) is 0 Å². The van der Waals surface area contributed by atoms with Crippen molar-refractivity contribution in [2.75, 3.05) is 6.61 Å². The maximum absolute atomic E-state index is 11.3. The Morgan fingerprint density at radius 3 is 2.45 bits per heavy atom. The van der Waals surface area contributed by atoms with Gasteiger partial charge >= 0.3 is 5.97 Å². The van der Waals surface area contributed by atoms with Crippen LogP contribution in [0.3, 0.4) is 0 Å². The summed E-state index contributed by atoms with van der Waals surface area (Å²) in [6, 6.07) is 6.17. The fraction of sp³-hybridized carbons (Fsp3) is 0.409. The van der Waals surface area contributed by atoms with E-state index in [0.29, 0.717) is 37.2 Å². The summed E-state index contributed by atoms with van der Waals surface area (Å²) in [6.45, 7) is 2.33. The number of benzene rings is 2. The molecule has 0 saturated heterocycles. The molecule has 0 aromatic heterocycles. The lowest BCUT2D eigenvalue weighted by Gasteiger charge is -2.16. The van der Waals surface area contributed by atoms with Gasteiger partial charge in [-0.2, -0.15) is 0 Å². The first-order valence-corrected chi connectivity index (χ1v) is 10.1. The van der Waals surface area contributed by atoms with Gasteiger partial charge < -0.3 is 25.2 Å². The van der Waals surface area contributed by atoms with Crippen molar-refractivity contribution in [3.8, 4) is 23.0 Å². The summed E-state index contributed by atoms with van der Waals surface area (Å²) in [5, 5.41) is 38.9. The van der Waals surface area contributed by atoms with Crippen molar-refractivity contribution in [1.29, 1.82) is 0 Å². The summed E-state index contributed by atoms with van der Waals surface area (Å²) in [4.78, 5) is 11.3. The Balaban J connectivity index is 1.85. The van der Waals surface area contributed by atoms with Crippen LogP contribution in [0.2, 0.25) is 5.02 Å². The third-order valence-electron chi connectivity index (χ3n) is 4.72. The lowest BCUT2D eigenvalue weighted by molar-refractivity contribution is 0.0693. The first-order valence-electron chi connectivity index (χ1n) is 9.77. The number of unbranched alkanes of at least 4 members (excludes halogenated alkanes) is 3. The molecule has 2 aromatic carbocycles. The lowest BCUT2D eigenvalue weighted by atomic mass is 10.0. The summed E-state index contributed by atoms with van der Waals surface area (Å²) in [5.74, 6) is -1.33. The average molecular weight is 423 g/mol. The molecule has 4 N–H and O–H groups in total. The summed E-state index contributed by atoms with van der Waals surface area (Å²) in [6.07, 6.45) is 5.33. The first kappa shape index (κ1) is 22.7. The molecule has 158 valence electrons. The van der Waals surface area contributed by atoms with Gasteiger partial charge in [0.15, 0.2) is 11.5 Å². The molecular weight excluding hydrogens is 396 g/mol. The third kappa shape index (κ3) is 5.94. The van der Waals surface area contributed by atoms with Crippen LogP contribution < -0.4 is 4.74 Å². The molecule has 0 amide bonds. The number of hydrogen-bond donors (Lipinski definition) is 4. The van der Waals surface area contributed by atoms with E-state index >= 15 is 0 Å². The van der Waals surface area contributed by atoms with Gasteiger partial charge in [0, 0.05) is 5.56 Å². The number of carboxylic acid groups (broad SMARTS) is 1. The standard InChI is InChI=1S/C22H27ClO6/c1-2-8-15-20(26)16(22(27)28)13-17(23)21(15)29-12-6-4-3-5-9-14-10-7-11-18(24)19(14)25/h7,10-11,13,24-26H,2-6,8-9,12H2,1H3,(H,27,28). The van der Waals surface area contributed by atoms with Crippen LogP contribution in [0.15, 0.2) is 24.3 Å². The molecule has 6 nitrogen and oxygen atoms in total. The van der Waals surface area contributed by atoms with E-state index < -0.39 is 5.97 Å². The SMILES string of the molecule is CCCc1c(O)c(C(=O)O)cc(Cl)c1OCCCCCCc1cccc(O)c1O. The fourth-order valence-corrected chi connectivity index (χ4v) is 3.48. The van der Waals surface area contributed by atoms with Crippen molar-refractivity contribution < 1.29 is 30.0 Å². The zero-order valence-corrected chi connectivity index (χ0v) is 17.2. The summed E-state index contributed by atoms with van der Waals surface area (Å²) >= 11 is 6.20. The quantitative estimate of drug-likeness (QED) is 0.289. The van der Waals surface area contributed by atoms with Crippen LogP contribution in [-0.2, 0) is 12.8 Å². The number of phenolic OH excluding ortho intramolecular Hbond substituents is 2. The van der Waals surface area contributed by atoms with Crippen LogP contribution in [0.1, 0.15) is 60.5 Å². The number of aromatic hydroxyl groups is 3. The average Bonchev–Trinajstić information content (AvgIpc) is 2.68. The molecule has 29 heavy (non-hydrogen) atoms. The summed E-state index contributed by atoms with van der Waals surface area (Å²) in [5.41, 5.74) is 0.934. The largest absolute Gasteiger partial charge is 0.507 e. The van der Waals surface area contributed by atoms with Crippen molar-refractivity contribution in [3.63, 3.8) is 0 Å². The number of ether oxygens (including phenoxy) is 1. The van der Waals surface area contributed by atoms with Gasteiger partial charge in [-0.15, -0.1) is 0 Å². The normalized spacial score (nSPS) is 10.8. The second kappa shape index (κ2) is 10.8. The monoisotopic (exact) mass is 422 g/mol. The molecule has 0 fully saturated rings. The number of para-hydroxylation sites is 1. The molecule has 0 saturated carbocycles. The number of rotatable bonds is 11. The highest BCUT2D eigenvalue weighted by Crippen LogP contribution is 2.39. The zero-order chi connectivity index (χ0) is 21.4. The van der Waals surface area contributed by atoms with Crippen molar-refractivity contribution in [3.05, 3.63) is 46.0 Å². The van der Waals surface area contributed by atoms with Crippen molar-refractivity contribution in [2.24, 2.45) is 0 Å². The zero-order valence-electron chi connectivity index (χ0n) is 16.4. The number of carboxylic acids is 1. The maximum Gasteiger partial charge on any atom is 0.339 e. The van der Waals surface area contributed by atoms with Gasteiger partial charge in [-0.05, 0) is 43.4 Å². The predicted molar refractivity (Wildman–Crippen MR) is 112 cm³/mol. The molecule has 0 radical (unpaired) electrons. The van der Waals surface area contributed by atoms with E-state index in [2.05, 4.69) is 0 Å². The highest BCUT2D eigenvalue weighted by atomic mass is 35.5. The first-order chi connectivity index (χ1) is 13.9. The summed E-state index contributed by atoms with van der Waals surface area (Å²) in [7, 11) is 0. The molecule has 0 unspecified atom stereocenters. The number of phenols is 3. The molecule has 2 aromatic rings. The Bertz CT molecular complexity index is 850. The van der Waals surface area contributed by atoms with Crippen molar-refractivity contribution in [2.45, 2.75) is 51.9 Å². The highest BCUT2D eigenvalue weighted by molar-refractivity contribution is 6.32. The Labute approximate surface area is 175 Å².